The van der Waals surface area contributed by atoms with Crippen molar-refractivity contribution in [2.45, 2.75) is 6.61 Å². The number of nitro benzene ring substituents is 2. The topological polar surface area (TPSA) is 165 Å². The second-order valence-corrected chi connectivity index (χ2v) is 10.6. The zero-order valence-corrected chi connectivity index (χ0v) is 24.8. The van der Waals surface area contributed by atoms with Gasteiger partial charge in [-0.15, -0.1) is 0 Å². The molecule has 0 amide bonds. The highest BCUT2D eigenvalue weighted by atomic mass is 79.9. The lowest BCUT2D eigenvalue weighted by atomic mass is 10.1. The first-order valence-corrected chi connectivity index (χ1v) is 14.0. The summed E-state index contributed by atoms with van der Waals surface area (Å²) < 4.78 is 19.1. The first kappa shape index (κ1) is 29.2. The van der Waals surface area contributed by atoms with Gasteiger partial charge in [-0.25, -0.2) is 4.98 Å². The average molecular weight is 670 g/mol. The molecule has 2 heterocycles. The molecule has 0 fully saturated rings. The molecule has 0 radical (unpaired) electrons. The van der Waals surface area contributed by atoms with Gasteiger partial charge in [0.1, 0.15) is 12.2 Å². The van der Waals surface area contributed by atoms with Gasteiger partial charge in [-0.1, -0.05) is 28.1 Å². The van der Waals surface area contributed by atoms with Gasteiger partial charge >= 0.3 is 5.69 Å². The molecule has 0 saturated heterocycles. The van der Waals surface area contributed by atoms with Crippen molar-refractivity contribution < 1.29 is 23.7 Å². The average Bonchev–Trinajstić information content (AvgIpc) is 3.46. The molecule has 4 aromatic carbocycles. The van der Waals surface area contributed by atoms with Crippen molar-refractivity contribution in [1.29, 1.82) is 0 Å². The molecule has 0 saturated carbocycles. The Kier molecular flexibility index (Phi) is 7.79. The van der Waals surface area contributed by atoms with Crippen LogP contribution in [-0.2, 0) is 6.61 Å². The molecule has 0 unspecified atom stereocenters. The zero-order valence-electron chi connectivity index (χ0n) is 23.2. The quantitative estimate of drug-likeness (QED) is 0.0908. The lowest BCUT2D eigenvalue weighted by molar-refractivity contribution is -0.386. The van der Waals surface area contributed by atoms with Crippen molar-refractivity contribution >= 4 is 55.4 Å². The summed E-state index contributed by atoms with van der Waals surface area (Å²) in [6.45, 7) is -0.113. The van der Waals surface area contributed by atoms with E-state index in [1.807, 2.05) is 12.1 Å². The molecule has 6 rings (SSSR count). The molecule has 2 aromatic heterocycles. The molecule has 13 nitrogen and oxygen atoms in total. The van der Waals surface area contributed by atoms with E-state index in [1.165, 1.54) is 49.7 Å². The number of nitrogens with zero attached hydrogens (tertiary/aromatic N) is 5. The Labute approximate surface area is 261 Å². The Hall–Kier alpha value is -5.89. The summed E-state index contributed by atoms with van der Waals surface area (Å²) in [4.78, 5) is 40.1. The van der Waals surface area contributed by atoms with Gasteiger partial charge < -0.3 is 13.9 Å². The van der Waals surface area contributed by atoms with E-state index in [-0.39, 0.29) is 35.2 Å². The van der Waals surface area contributed by atoms with Crippen LogP contribution in [0.1, 0.15) is 11.1 Å². The second kappa shape index (κ2) is 12.0. The van der Waals surface area contributed by atoms with Gasteiger partial charge in [0.15, 0.2) is 11.5 Å². The highest BCUT2D eigenvalue weighted by Crippen LogP contribution is 2.39. The van der Waals surface area contributed by atoms with Gasteiger partial charge in [-0.05, 0) is 60.2 Å². The number of fused-ring (bicyclic) bond motifs is 2. The number of ether oxygens (including phenoxy) is 2. The highest BCUT2D eigenvalue weighted by molar-refractivity contribution is 9.10. The summed E-state index contributed by atoms with van der Waals surface area (Å²) >= 11 is 3.44. The smallest absolute Gasteiger partial charge is 0.315 e. The predicted molar refractivity (Wildman–Crippen MR) is 169 cm³/mol. The number of hydrogen-bond donors (Lipinski definition) is 0. The van der Waals surface area contributed by atoms with Crippen LogP contribution in [0.3, 0.4) is 0 Å². The van der Waals surface area contributed by atoms with Crippen LogP contribution < -0.4 is 15.0 Å². The first-order chi connectivity index (χ1) is 21.7. The fourth-order valence-corrected chi connectivity index (χ4v) is 5.00. The van der Waals surface area contributed by atoms with Gasteiger partial charge in [0.25, 0.3) is 11.2 Å². The van der Waals surface area contributed by atoms with E-state index in [0.29, 0.717) is 27.8 Å². The van der Waals surface area contributed by atoms with Crippen molar-refractivity contribution in [2.24, 2.45) is 5.10 Å². The Balaban J connectivity index is 1.40. The van der Waals surface area contributed by atoms with Gasteiger partial charge in [0, 0.05) is 33.6 Å². The number of methoxy groups -OCH3 is 1. The maximum absolute atomic E-state index is 13.6. The van der Waals surface area contributed by atoms with Crippen LogP contribution in [0, 0.1) is 20.2 Å². The van der Waals surface area contributed by atoms with Crippen LogP contribution in [0.5, 0.6) is 11.5 Å². The zero-order chi connectivity index (χ0) is 31.7. The third kappa shape index (κ3) is 5.86. The summed E-state index contributed by atoms with van der Waals surface area (Å²) in [5.41, 5.74) is 0.830. The van der Waals surface area contributed by atoms with Crippen molar-refractivity contribution in [3.8, 4) is 23.1 Å². The molecule has 6 aromatic rings. The Morgan fingerprint density at radius 1 is 1.00 bits per heavy atom. The number of furan rings is 1. The number of benzene rings is 4. The molecule has 14 heteroatoms. The molecule has 224 valence electrons. The van der Waals surface area contributed by atoms with Crippen LogP contribution in [0.15, 0.2) is 104 Å². The third-order valence-corrected chi connectivity index (χ3v) is 7.27. The number of aromatic nitrogens is 2. The predicted octanol–water partition coefficient (Wildman–Crippen LogP) is 6.86. The minimum atomic E-state index is -0.632. The summed E-state index contributed by atoms with van der Waals surface area (Å²) in [6.07, 6.45) is 1.27. The van der Waals surface area contributed by atoms with Crippen molar-refractivity contribution in [2.75, 3.05) is 7.11 Å². The molecule has 0 aliphatic rings. The Bertz CT molecular complexity index is 2210. The number of nitro groups is 2. The fourth-order valence-electron chi connectivity index (χ4n) is 4.62. The standard InChI is InChI=1S/C31H20BrN5O8/c1-43-27-13-19(12-25(37(41)42)29(27)44-17-18-6-9-22(10-7-18)36(39)40)16-33-35-30(34-24-5-3-2-4-23(24)31(35)38)28-15-20-14-21(32)8-11-26(20)45-28/h2-16H,17H2,1H3. The van der Waals surface area contributed by atoms with E-state index < -0.39 is 21.1 Å². The monoisotopic (exact) mass is 669 g/mol. The maximum Gasteiger partial charge on any atom is 0.315 e. The molecular formula is C31H20BrN5O8. The van der Waals surface area contributed by atoms with E-state index >= 15 is 0 Å². The molecule has 0 spiro atoms. The van der Waals surface area contributed by atoms with Crippen molar-refractivity contribution in [3.05, 3.63) is 131 Å². The molecule has 0 bridgehead atoms. The number of para-hydroxylation sites is 1. The molecule has 0 aliphatic carbocycles. The van der Waals surface area contributed by atoms with Gasteiger partial charge in [-0.3, -0.25) is 25.0 Å². The van der Waals surface area contributed by atoms with Crippen molar-refractivity contribution in [3.63, 3.8) is 0 Å². The van der Waals surface area contributed by atoms with E-state index in [0.717, 1.165) is 14.5 Å². The summed E-state index contributed by atoms with van der Waals surface area (Å²) in [7, 11) is 1.33. The van der Waals surface area contributed by atoms with E-state index in [2.05, 4.69) is 26.0 Å². The minimum Gasteiger partial charge on any atom is -0.493 e. The third-order valence-electron chi connectivity index (χ3n) is 6.78. The molecular weight excluding hydrogens is 650 g/mol. The number of halogens is 1. The van der Waals surface area contributed by atoms with Crippen LogP contribution in [0.4, 0.5) is 11.4 Å². The van der Waals surface area contributed by atoms with Crippen molar-refractivity contribution in [1.82, 2.24) is 9.66 Å². The van der Waals surface area contributed by atoms with E-state index in [4.69, 9.17) is 13.9 Å². The number of non-ortho nitro benzene ring substituents is 1. The molecule has 0 aliphatic heterocycles. The summed E-state index contributed by atoms with van der Waals surface area (Å²) in [6, 6.07) is 22.3. The number of hydrogen-bond acceptors (Lipinski definition) is 10. The van der Waals surface area contributed by atoms with Crippen LogP contribution in [0.2, 0.25) is 0 Å². The van der Waals surface area contributed by atoms with Gasteiger partial charge in [0.2, 0.25) is 11.6 Å². The summed E-state index contributed by atoms with van der Waals surface area (Å²) in [5, 5.41) is 28.5. The second-order valence-electron chi connectivity index (χ2n) is 9.65. The van der Waals surface area contributed by atoms with E-state index in [1.54, 1.807) is 36.4 Å². The van der Waals surface area contributed by atoms with Crippen LogP contribution in [0.25, 0.3) is 33.5 Å². The molecule has 45 heavy (non-hydrogen) atoms. The SMILES string of the molecule is COc1cc(C=Nn2c(-c3cc4cc(Br)ccc4o3)nc3ccccc3c2=O)cc([N+](=O)[O-])c1OCc1ccc([N+](=O)[O-])cc1. The van der Waals surface area contributed by atoms with Crippen LogP contribution in [-0.4, -0.2) is 32.8 Å². The normalized spacial score (nSPS) is 11.3. The van der Waals surface area contributed by atoms with Gasteiger partial charge in [-0.2, -0.15) is 9.78 Å². The fraction of sp³-hybridized carbons (Fsp3) is 0.0645. The lowest BCUT2D eigenvalue weighted by Gasteiger charge is -2.12. The van der Waals surface area contributed by atoms with Gasteiger partial charge in [0.05, 0.1) is 34.1 Å². The Morgan fingerprint density at radius 3 is 2.51 bits per heavy atom. The number of rotatable bonds is 9. The molecule has 0 atom stereocenters. The van der Waals surface area contributed by atoms with Crippen LogP contribution >= 0.6 is 15.9 Å². The Morgan fingerprint density at radius 2 is 1.78 bits per heavy atom. The first-order valence-electron chi connectivity index (χ1n) is 13.2. The maximum atomic E-state index is 13.6. The van der Waals surface area contributed by atoms with E-state index in [9.17, 15) is 25.0 Å². The highest BCUT2D eigenvalue weighted by Gasteiger charge is 2.23. The largest absolute Gasteiger partial charge is 0.493 e. The lowest BCUT2D eigenvalue weighted by Crippen LogP contribution is -2.20. The minimum absolute atomic E-state index is 0.0413. The summed E-state index contributed by atoms with van der Waals surface area (Å²) in [5.74, 6) is 0.324. The molecule has 0 N–H and O–H groups in total.